The van der Waals surface area contributed by atoms with Crippen LogP contribution >= 0.6 is 11.3 Å². The molecule has 0 saturated carbocycles. The Balaban J connectivity index is 2.82. The molecule has 2 aromatic rings. The molecule has 2 heterocycles. The van der Waals surface area contributed by atoms with Crippen LogP contribution in [0.4, 0.5) is 17.6 Å². The van der Waals surface area contributed by atoms with Crippen molar-refractivity contribution in [1.82, 2.24) is 9.13 Å². The van der Waals surface area contributed by atoms with Crippen molar-refractivity contribution in [1.29, 1.82) is 0 Å². The summed E-state index contributed by atoms with van der Waals surface area (Å²) in [5.41, 5.74) is -3.48. The van der Waals surface area contributed by atoms with Gasteiger partial charge in [-0.1, -0.05) is 0 Å². The third-order valence-electron chi connectivity index (χ3n) is 3.59. The van der Waals surface area contributed by atoms with E-state index in [1.807, 2.05) is 0 Å². The molecule has 0 spiro atoms. The summed E-state index contributed by atoms with van der Waals surface area (Å²) in [4.78, 5) is 36.3. The number of carbonyl (C=O) groups is 1. The van der Waals surface area contributed by atoms with Crippen molar-refractivity contribution in [3.8, 4) is 0 Å². The molecule has 2 aromatic heterocycles. The second-order valence-corrected chi connectivity index (χ2v) is 7.33. The Morgan fingerprint density at radius 1 is 1.12 bits per heavy atom. The van der Waals surface area contributed by atoms with Crippen LogP contribution in [-0.4, -0.2) is 27.3 Å². The molecule has 5 nitrogen and oxygen atoms in total. The molecule has 0 bridgehead atoms. The maximum Gasteiger partial charge on any atom is 0.390 e. The molecule has 0 unspecified atom stereocenters. The predicted molar refractivity (Wildman–Crippen MR) is 86.3 cm³/mol. The largest absolute Gasteiger partial charge is 0.390 e. The summed E-state index contributed by atoms with van der Waals surface area (Å²) in [6, 6.07) is 0. The lowest BCUT2D eigenvalue weighted by Gasteiger charge is -2.18. The van der Waals surface area contributed by atoms with Crippen molar-refractivity contribution in [2.24, 2.45) is 0 Å². The van der Waals surface area contributed by atoms with E-state index in [0.717, 1.165) is 29.8 Å². The minimum absolute atomic E-state index is 0.00763. The van der Waals surface area contributed by atoms with Gasteiger partial charge in [0, 0.05) is 6.54 Å². The molecule has 0 aliphatic heterocycles. The lowest BCUT2D eigenvalue weighted by molar-refractivity contribution is -0.136. The number of halogens is 4. The van der Waals surface area contributed by atoms with Gasteiger partial charge in [-0.2, -0.15) is 13.2 Å². The van der Waals surface area contributed by atoms with Gasteiger partial charge in [-0.25, -0.2) is 9.18 Å². The standard InChI is InChI=1S/C15H16F4N2O3S/c1-8-9(6-22)25-12-10(8)11(23)21(7-14(2,3)16)13(24)20(12)5-4-15(17,18)19/h6H,4-5,7H2,1-3H3. The predicted octanol–water partition coefficient (Wildman–Crippen LogP) is 3.05. The molecule has 138 valence electrons. The van der Waals surface area contributed by atoms with E-state index in [4.69, 9.17) is 0 Å². The molecule has 25 heavy (non-hydrogen) atoms. The van der Waals surface area contributed by atoms with E-state index < -0.39 is 42.6 Å². The van der Waals surface area contributed by atoms with E-state index in [-0.39, 0.29) is 20.7 Å². The molecule has 0 aromatic carbocycles. The molecule has 0 fully saturated rings. The van der Waals surface area contributed by atoms with Gasteiger partial charge in [0.25, 0.3) is 5.56 Å². The number of rotatable bonds is 5. The fourth-order valence-corrected chi connectivity index (χ4v) is 3.61. The third kappa shape index (κ3) is 4.00. The highest BCUT2D eigenvalue weighted by atomic mass is 32.1. The number of hydrogen-bond acceptors (Lipinski definition) is 4. The Morgan fingerprint density at radius 2 is 1.72 bits per heavy atom. The Kier molecular flexibility index (Phi) is 4.95. The minimum Gasteiger partial charge on any atom is -0.297 e. The van der Waals surface area contributed by atoms with Crippen LogP contribution in [0.1, 0.15) is 35.5 Å². The van der Waals surface area contributed by atoms with Gasteiger partial charge < -0.3 is 0 Å². The van der Waals surface area contributed by atoms with Crippen molar-refractivity contribution in [2.45, 2.75) is 52.1 Å². The van der Waals surface area contributed by atoms with E-state index in [2.05, 4.69) is 0 Å². The van der Waals surface area contributed by atoms with Crippen LogP contribution in [0, 0.1) is 6.92 Å². The first-order valence-corrected chi connectivity index (χ1v) is 8.15. The fourth-order valence-electron chi connectivity index (χ4n) is 2.48. The fraction of sp³-hybridized carbons (Fsp3) is 0.533. The zero-order valence-corrected chi connectivity index (χ0v) is 14.6. The van der Waals surface area contributed by atoms with Gasteiger partial charge in [-0.15, -0.1) is 11.3 Å². The second kappa shape index (κ2) is 6.40. The smallest absolute Gasteiger partial charge is 0.297 e. The molecule has 0 atom stereocenters. The molecule has 0 amide bonds. The zero-order valence-electron chi connectivity index (χ0n) is 13.7. The molecule has 0 aliphatic carbocycles. The molecule has 0 saturated heterocycles. The van der Waals surface area contributed by atoms with Gasteiger partial charge in [0.1, 0.15) is 10.5 Å². The van der Waals surface area contributed by atoms with Gasteiger partial charge in [0.2, 0.25) is 0 Å². The summed E-state index contributed by atoms with van der Waals surface area (Å²) in [5.74, 6) is 0. The highest BCUT2D eigenvalue weighted by Gasteiger charge is 2.29. The van der Waals surface area contributed by atoms with Gasteiger partial charge >= 0.3 is 11.9 Å². The van der Waals surface area contributed by atoms with Gasteiger partial charge in [0.05, 0.1) is 23.2 Å². The van der Waals surface area contributed by atoms with Crippen LogP contribution in [0.3, 0.4) is 0 Å². The van der Waals surface area contributed by atoms with Crippen molar-refractivity contribution < 1.29 is 22.4 Å². The number of aryl methyl sites for hydroxylation is 2. The molecular weight excluding hydrogens is 364 g/mol. The lowest BCUT2D eigenvalue weighted by Crippen LogP contribution is -2.43. The minimum atomic E-state index is -4.51. The summed E-state index contributed by atoms with van der Waals surface area (Å²) < 4.78 is 53.1. The number of nitrogens with zero attached hydrogens (tertiary/aromatic N) is 2. The number of fused-ring (bicyclic) bond motifs is 1. The number of aromatic nitrogens is 2. The summed E-state index contributed by atoms with van der Waals surface area (Å²) in [6.07, 6.45) is -5.32. The average Bonchev–Trinajstić information content (AvgIpc) is 2.78. The summed E-state index contributed by atoms with van der Waals surface area (Å²) in [7, 11) is 0. The Bertz CT molecular complexity index is 932. The van der Waals surface area contributed by atoms with E-state index in [1.165, 1.54) is 6.92 Å². The number of thiophene rings is 1. The van der Waals surface area contributed by atoms with Crippen LogP contribution in [0.15, 0.2) is 9.59 Å². The van der Waals surface area contributed by atoms with Gasteiger partial charge in [0.15, 0.2) is 6.29 Å². The van der Waals surface area contributed by atoms with E-state index in [9.17, 15) is 31.9 Å². The van der Waals surface area contributed by atoms with Crippen molar-refractivity contribution in [3.63, 3.8) is 0 Å². The monoisotopic (exact) mass is 380 g/mol. The average molecular weight is 380 g/mol. The highest BCUT2D eigenvalue weighted by Crippen LogP contribution is 2.28. The van der Waals surface area contributed by atoms with E-state index >= 15 is 0 Å². The van der Waals surface area contributed by atoms with Crippen LogP contribution < -0.4 is 11.2 Å². The zero-order chi connectivity index (χ0) is 19.2. The normalized spacial score (nSPS) is 12.8. The highest BCUT2D eigenvalue weighted by molar-refractivity contribution is 7.20. The summed E-state index contributed by atoms with van der Waals surface area (Å²) in [6.45, 7) is 2.46. The van der Waals surface area contributed by atoms with Crippen LogP contribution in [0.2, 0.25) is 0 Å². The lowest BCUT2D eigenvalue weighted by atomic mass is 10.1. The molecule has 0 N–H and O–H groups in total. The number of carbonyl (C=O) groups excluding carboxylic acids is 1. The third-order valence-corrected chi connectivity index (χ3v) is 4.83. The molecule has 0 radical (unpaired) electrons. The van der Waals surface area contributed by atoms with E-state index in [1.54, 1.807) is 0 Å². The Morgan fingerprint density at radius 3 is 2.20 bits per heavy atom. The molecule has 2 rings (SSSR count). The van der Waals surface area contributed by atoms with Gasteiger partial charge in [-0.3, -0.25) is 18.7 Å². The molecular formula is C15H16F4N2O3S. The topological polar surface area (TPSA) is 61.1 Å². The van der Waals surface area contributed by atoms with Crippen molar-refractivity contribution in [2.75, 3.05) is 0 Å². The Labute approximate surface area is 143 Å². The van der Waals surface area contributed by atoms with Crippen LogP contribution in [0.25, 0.3) is 10.2 Å². The first kappa shape index (κ1) is 19.4. The maximum absolute atomic E-state index is 14.0. The van der Waals surface area contributed by atoms with E-state index in [0.29, 0.717) is 10.9 Å². The number of alkyl halides is 4. The molecule has 10 heteroatoms. The SMILES string of the molecule is Cc1c(C=O)sc2c1c(=O)n(CC(C)(C)F)c(=O)n2CCC(F)(F)F. The summed E-state index contributed by atoms with van der Waals surface area (Å²) >= 11 is 0.777. The number of aldehydes is 1. The second-order valence-electron chi connectivity index (χ2n) is 6.30. The first-order valence-electron chi connectivity index (χ1n) is 7.33. The summed E-state index contributed by atoms with van der Waals surface area (Å²) in [5, 5.41) is -0.0295. The number of hydrogen-bond donors (Lipinski definition) is 0. The maximum atomic E-state index is 14.0. The first-order chi connectivity index (χ1) is 11.4. The quantitative estimate of drug-likeness (QED) is 0.592. The molecule has 0 aliphatic rings. The Hall–Kier alpha value is -1.97. The van der Waals surface area contributed by atoms with Crippen LogP contribution in [-0.2, 0) is 13.1 Å². The van der Waals surface area contributed by atoms with Gasteiger partial charge in [-0.05, 0) is 26.3 Å². The van der Waals surface area contributed by atoms with Crippen LogP contribution in [0.5, 0.6) is 0 Å². The van der Waals surface area contributed by atoms with Crippen molar-refractivity contribution >= 4 is 27.8 Å². The van der Waals surface area contributed by atoms with Crippen molar-refractivity contribution in [3.05, 3.63) is 31.3 Å².